The van der Waals surface area contributed by atoms with E-state index in [2.05, 4.69) is 15.3 Å². The number of aromatic amines is 1. The van der Waals surface area contributed by atoms with Crippen molar-refractivity contribution in [2.75, 3.05) is 0 Å². The first kappa shape index (κ1) is 20.5. The summed E-state index contributed by atoms with van der Waals surface area (Å²) >= 11 is 0. The number of nitrogens with zero attached hydrogens (tertiary/aromatic N) is 4. The standard InChI is InChI=1S/C25H20FN5O3/c26-20-8-5-14(10-21-17-3-1-2-4-18(17)23(32)29-28-21)9-19(20)25(34)30-12-16-11-27-31(22(16)13-30)24(33)15-6-7-15/h1-5,8-9,11,15H,6-7,10,12-13H2,(H,29,32). The number of rotatable bonds is 4. The van der Waals surface area contributed by atoms with Crippen LogP contribution in [0.5, 0.6) is 0 Å². The zero-order chi connectivity index (χ0) is 23.4. The molecule has 3 heterocycles. The Morgan fingerprint density at radius 1 is 1.09 bits per heavy atom. The van der Waals surface area contributed by atoms with Crippen LogP contribution in [-0.2, 0) is 19.5 Å². The van der Waals surface area contributed by atoms with Gasteiger partial charge in [0.2, 0.25) is 5.91 Å². The van der Waals surface area contributed by atoms with Crippen LogP contribution in [0.2, 0.25) is 0 Å². The molecule has 0 atom stereocenters. The third-order valence-corrected chi connectivity index (χ3v) is 6.49. The van der Waals surface area contributed by atoms with E-state index in [-0.39, 0.29) is 36.0 Å². The van der Waals surface area contributed by atoms with Crippen LogP contribution in [0.3, 0.4) is 0 Å². The molecule has 0 saturated heterocycles. The molecule has 170 valence electrons. The number of carbonyl (C=O) groups is 2. The van der Waals surface area contributed by atoms with Gasteiger partial charge in [-0.15, -0.1) is 0 Å². The van der Waals surface area contributed by atoms with Gasteiger partial charge in [0.1, 0.15) is 5.82 Å². The van der Waals surface area contributed by atoms with Crippen LogP contribution in [0.15, 0.2) is 53.5 Å². The van der Waals surface area contributed by atoms with E-state index in [1.807, 2.05) is 12.1 Å². The maximum atomic E-state index is 14.7. The van der Waals surface area contributed by atoms with Gasteiger partial charge in [-0.3, -0.25) is 14.4 Å². The van der Waals surface area contributed by atoms with Gasteiger partial charge in [0, 0.05) is 29.8 Å². The Morgan fingerprint density at radius 2 is 1.88 bits per heavy atom. The molecule has 2 aromatic carbocycles. The molecule has 8 nitrogen and oxygen atoms in total. The number of H-pyrrole nitrogens is 1. The van der Waals surface area contributed by atoms with Crippen LogP contribution in [-0.4, -0.2) is 36.7 Å². The van der Waals surface area contributed by atoms with Crippen molar-refractivity contribution >= 4 is 22.6 Å². The van der Waals surface area contributed by atoms with Gasteiger partial charge in [-0.1, -0.05) is 24.3 Å². The summed E-state index contributed by atoms with van der Waals surface area (Å²) in [4.78, 5) is 39.3. The Hall–Kier alpha value is -4.14. The molecule has 1 saturated carbocycles. The van der Waals surface area contributed by atoms with Crippen molar-refractivity contribution in [2.24, 2.45) is 5.92 Å². The average molecular weight is 457 g/mol. The first-order chi connectivity index (χ1) is 16.5. The van der Waals surface area contributed by atoms with Crippen molar-refractivity contribution in [2.45, 2.75) is 32.4 Å². The number of halogens is 1. The first-order valence-electron chi connectivity index (χ1n) is 11.1. The van der Waals surface area contributed by atoms with E-state index in [1.165, 1.54) is 21.7 Å². The lowest BCUT2D eigenvalue weighted by Crippen LogP contribution is -2.28. The summed E-state index contributed by atoms with van der Waals surface area (Å²) in [6.45, 7) is 0.490. The van der Waals surface area contributed by atoms with Gasteiger partial charge in [0.15, 0.2) is 0 Å². The van der Waals surface area contributed by atoms with Crippen molar-refractivity contribution in [3.63, 3.8) is 0 Å². The molecule has 1 amide bonds. The van der Waals surface area contributed by atoms with Crippen LogP contribution in [0.1, 0.15) is 50.5 Å². The molecule has 0 unspecified atom stereocenters. The lowest BCUT2D eigenvalue weighted by Gasteiger charge is -2.17. The predicted molar refractivity (Wildman–Crippen MR) is 121 cm³/mol. The third kappa shape index (κ3) is 3.40. The molecule has 6 rings (SSSR count). The topological polar surface area (TPSA) is 101 Å². The minimum absolute atomic E-state index is 0.0143. The summed E-state index contributed by atoms with van der Waals surface area (Å²) in [5.41, 5.74) is 2.52. The number of hydrogen-bond acceptors (Lipinski definition) is 5. The number of amides is 1. The number of fused-ring (bicyclic) bond motifs is 2. The highest BCUT2D eigenvalue weighted by molar-refractivity contribution is 5.95. The van der Waals surface area contributed by atoms with E-state index in [4.69, 9.17) is 0 Å². The Balaban J connectivity index is 1.27. The van der Waals surface area contributed by atoms with E-state index >= 15 is 0 Å². The summed E-state index contributed by atoms with van der Waals surface area (Å²) < 4.78 is 16.1. The van der Waals surface area contributed by atoms with Crippen molar-refractivity contribution in [1.29, 1.82) is 0 Å². The van der Waals surface area contributed by atoms with E-state index in [1.54, 1.807) is 24.4 Å². The predicted octanol–water partition coefficient (Wildman–Crippen LogP) is 3.06. The second-order valence-corrected chi connectivity index (χ2v) is 8.84. The monoisotopic (exact) mass is 457 g/mol. The number of aromatic nitrogens is 4. The summed E-state index contributed by atoms with van der Waals surface area (Å²) in [5, 5.41) is 12.1. The molecule has 0 radical (unpaired) electrons. The molecule has 1 fully saturated rings. The van der Waals surface area contributed by atoms with E-state index < -0.39 is 11.7 Å². The molecule has 34 heavy (non-hydrogen) atoms. The average Bonchev–Trinajstić information content (AvgIpc) is 3.50. The van der Waals surface area contributed by atoms with Gasteiger partial charge in [-0.25, -0.2) is 14.2 Å². The lowest BCUT2D eigenvalue weighted by molar-refractivity contribution is 0.0735. The minimum Gasteiger partial charge on any atom is -0.328 e. The highest BCUT2D eigenvalue weighted by Crippen LogP contribution is 2.33. The normalized spacial score (nSPS) is 15.0. The maximum absolute atomic E-state index is 14.7. The fourth-order valence-corrected chi connectivity index (χ4v) is 4.50. The van der Waals surface area contributed by atoms with Crippen LogP contribution in [0.4, 0.5) is 4.39 Å². The molecule has 1 N–H and O–H groups in total. The van der Waals surface area contributed by atoms with E-state index in [0.29, 0.717) is 34.1 Å². The molecular weight excluding hydrogens is 437 g/mol. The molecule has 0 spiro atoms. The SMILES string of the molecule is O=C(c1cc(Cc2n[nH]c(=O)c3ccccc23)ccc1F)N1Cc2cnn(C(=O)C3CC3)c2C1. The van der Waals surface area contributed by atoms with Crippen molar-refractivity contribution in [3.8, 4) is 0 Å². The van der Waals surface area contributed by atoms with Gasteiger partial charge in [0.25, 0.3) is 11.5 Å². The molecule has 4 aromatic rings. The van der Waals surface area contributed by atoms with Crippen LogP contribution in [0.25, 0.3) is 10.8 Å². The van der Waals surface area contributed by atoms with Gasteiger partial charge < -0.3 is 4.90 Å². The first-order valence-corrected chi connectivity index (χ1v) is 11.1. The van der Waals surface area contributed by atoms with Crippen molar-refractivity contribution in [3.05, 3.63) is 92.9 Å². The van der Waals surface area contributed by atoms with Gasteiger partial charge >= 0.3 is 0 Å². The number of benzene rings is 2. The minimum atomic E-state index is -0.611. The molecule has 2 aliphatic rings. The Kier molecular flexibility index (Phi) is 4.65. The van der Waals surface area contributed by atoms with E-state index in [9.17, 15) is 18.8 Å². The highest BCUT2D eigenvalue weighted by atomic mass is 19.1. The summed E-state index contributed by atoms with van der Waals surface area (Å²) in [6.07, 6.45) is 3.67. The van der Waals surface area contributed by atoms with Crippen LogP contribution in [0, 0.1) is 11.7 Å². The van der Waals surface area contributed by atoms with E-state index in [0.717, 1.165) is 18.4 Å². The molecule has 2 aromatic heterocycles. The van der Waals surface area contributed by atoms with Crippen LogP contribution < -0.4 is 5.56 Å². The largest absolute Gasteiger partial charge is 0.328 e. The molecular formula is C25H20FN5O3. The molecule has 1 aliphatic heterocycles. The lowest BCUT2D eigenvalue weighted by atomic mass is 10.0. The Morgan fingerprint density at radius 3 is 2.68 bits per heavy atom. The summed E-state index contributed by atoms with van der Waals surface area (Å²) in [7, 11) is 0. The Labute approximate surface area is 193 Å². The maximum Gasteiger partial charge on any atom is 0.272 e. The van der Waals surface area contributed by atoms with Gasteiger partial charge in [-0.05, 0) is 36.6 Å². The fourth-order valence-electron chi connectivity index (χ4n) is 4.50. The third-order valence-electron chi connectivity index (χ3n) is 6.49. The fraction of sp³-hybridized carbons (Fsp3) is 0.240. The zero-order valence-electron chi connectivity index (χ0n) is 18.1. The number of carbonyl (C=O) groups excluding carboxylic acids is 2. The molecule has 1 aliphatic carbocycles. The Bertz CT molecular complexity index is 1540. The van der Waals surface area contributed by atoms with Crippen molar-refractivity contribution in [1.82, 2.24) is 24.9 Å². The summed E-state index contributed by atoms with van der Waals surface area (Å²) in [5.74, 6) is -1.08. The highest BCUT2D eigenvalue weighted by Gasteiger charge is 2.36. The number of hydrogen-bond donors (Lipinski definition) is 1. The van der Waals surface area contributed by atoms with Gasteiger partial charge in [0.05, 0.1) is 35.1 Å². The van der Waals surface area contributed by atoms with Gasteiger partial charge in [-0.2, -0.15) is 10.2 Å². The van der Waals surface area contributed by atoms with Crippen molar-refractivity contribution < 1.29 is 14.0 Å². The smallest absolute Gasteiger partial charge is 0.272 e. The summed E-state index contributed by atoms with van der Waals surface area (Å²) in [6, 6.07) is 11.6. The second-order valence-electron chi connectivity index (χ2n) is 8.84. The molecule has 9 heteroatoms. The molecule has 0 bridgehead atoms. The second kappa shape index (κ2) is 7.72. The number of nitrogens with one attached hydrogen (secondary N) is 1. The van der Waals surface area contributed by atoms with Crippen LogP contribution >= 0.6 is 0 Å². The quantitative estimate of drug-likeness (QED) is 0.508. The zero-order valence-corrected chi connectivity index (χ0v) is 18.1.